The molecule has 2 unspecified atom stereocenters. The second kappa shape index (κ2) is 6.73. The van der Waals surface area contributed by atoms with Crippen LogP contribution in [0.3, 0.4) is 0 Å². The number of ether oxygens (including phenoxy) is 1. The molecule has 0 fully saturated rings. The minimum absolute atomic E-state index is 0.180. The summed E-state index contributed by atoms with van der Waals surface area (Å²) in [5.74, 6) is 0. The molecule has 0 amide bonds. The zero-order valence-electron chi connectivity index (χ0n) is 12.5. The van der Waals surface area contributed by atoms with E-state index < -0.39 is 6.10 Å². The third-order valence-corrected chi connectivity index (χ3v) is 3.33. The number of rotatable bonds is 6. The molecule has 1 heterocycles. The van der Waals surface area contributed by atoms with Crippen LogP contribution in [-0.4, -0.2) is 27.6 Å². The standard InChI is InChI=1S/C14H25ClN2O2/c1-6-8-17-11(10(15)9-16-17)12(18)13(19-7-2)14(3,4)5/h9,12-13,18H,6-8H2,1-5H3. The van der Waals surface area contributed by atoms with Crippen molar-refractivity contribution in [2.24, 2.45) is 5.41 Å². The lowest BCUT2D eigenvalue weighted by molar-refractivity contribution is -0.0925. The molecule has 110 valence electrons. The van der Waals surface area contributed by atoms with Crippen LogP contribution in [0.2, 0.25) is 5.02 Å². The Balaban J connectivity index is 3.08. The molecule has 0 bridgehead atoms. The van der Waals surface area contributed by atoms with Gasteiger partial charge in [0.2, 0.25) is 0 Å². The van der Waals surface area contributed by atoms with Crippen molar-refractivity contribution in [3.05, 3.63) is 16.9 Å². The summed E-state index contributed by atoms with van der Waals surface area (Å²) in [7, 11) is 0. The van der Waals surface area contributed by atoms with E-state index in [2.05, 4.69) is 12.0 Å². The smallest absolute Gasteiger partial charge is 0.124 e. The highest BCUT2D eigenvalue weighted by Gasteiger charge is 2.35. The molecule has 5 heteroatoms. The molecule has 0 saturated heterocycles. The van der Waals surface area contributed by atoms with E-state index in [9.17, 15) is 5.11 Å². The molecule has 1 N–H and O–H groups in total. The molecule has 0 aliphatic heterocycles. The Morgan fingerprint density at radius 3 is 2.53 bits per heavy atom. The predicted octanol–water partition coefficient (Wildman–Crippen LogP) is 3.43. The summed E-state index contributed by atoms with van der Waals surface area (Å²) in [5, 5.41) is 15.4. The van der Waals surface area contributed by atoms with E-state index in [1.54, 1.807) is 10.9 Å². The van der Waals surface area contributed by atoms with Crippen molar-refractivity contribution in [2.45, 2.75) is 59.8 Å². The van der Waals surface area contributed by atoms with Crippen molar-refractivity contribution in [1.29, 1.82) is 0 Å². The first-order chi connectivity index (χ1) is 8.82. The van der Waals surface area contributed by atoms with Gasteiger partial charge in [0, 0.05) is 13.2 Å². The molecule has 0 radical (unpaired) electrons. The fourth-order valence-electron chi connectivity index (χ4n) is 2.19. The van der Waals surface area contributed by atoms with E-state index in [1.165, 1.54) is 0 Å². The highest BCUT2D eigenvalue weighted by Crippen LogP contribution is 2.35. The number of aliphatic hydroxyl groups excluding tert-OH is 1. The van der Waals surface area contributed by atoms with E-state index in [4.69, 9.17) is 16.3 Å². The van der Waals surface area contributed by atoms with Crippen molar-refractivity contribution in [1.82, 2.24) is 9.78 Å². The lowest BCUT2D eigenvalue weighted by Crippen LogP contribution is -2.36. The van der Waals surface area contributed by atoms with Crippen LogP contribution >= 0.6 is 11.6 Å². The van der Waals surface area contributed by atoms with Crippen LogP contribution in [0.5, 0.6) is 0 Å². The summed E-state index contributed by atoms with van der Waals surface area (Å²) in [4.78, 5) is 0. The fraction of sp³-hybridized carbons (Fsp3) is 0.786. The number of nitrogens with zero attached hydrogens (tertiary/aromatic N) is 2. The molecule has 19 heavy (non-hydrogen) atoms. The van der Waals surface area contributed by atoms with Crippen LogP contribution in [0.4, 0.5) is 0 Å². The Morgan fingerprint density at radius 2 is 2.05 bits per heavy atom. The van der Waals surface area contributed by atoms with Gasteiger partial charge in [-0.05, 0) is 18.8 Å². The number of hydrogen-bond acceptors (Lipinski definition) is 3. The summed E-state index contributed by atoms with van der Waals surface area (Å²) in [6.07, 6.45) is 1.43. The second-order valence-corrected chi connectivity index (χ2v) is 6.19. The maximum Gasteiger partial charge on any atom is 0.124 e. The highest BCUT2D eigenvalue weighted by molar-refractivity contribution is 6.31. The monoisotopic (exact) mass is 288 g/mol. The number of aliphatic hydroxyl groups is 1. The average molecular weight is 289 g/mol. The molecule has 1 aromatic rings. The topological polar surface area (TPSA) is 47.3 Å². The van der Waals surface area contributed by atoms with Crippen LogP contribution in [0.15, 0.2) is 6.20 Å². The van der Waals surface area contributed by atoms with Gasteiger partial charge < -0.3 is 9.84 Å². The van der Waals surface area contributed by atoms with Gasteiger partial charge in [-0.2, -0.15) is 5.10 Å². The van der Waals surface area contributed by atoms with E-state index in [0.717, 1.165) is 13.0 Å². The number of aryl methyl sites for hydroxylation is 1. The molecule has 0 aromatic carbocycles. The first kappa shape index (κ1) is 16.5. The summed E-state index contributed by atoms with van der Waals surface area (Å²) in [6, 6.07) is 0. The number of halogens is 1. The summed E-state index contributed by atoms with van der Waals surface area (Å²) in [6.45, 7) is 11.4. The van der Waals surface area contributed by atoms with E-state index in [1.807, 2.05) is 27.7 Å². The minimum atomic E-state index is -0.776. The van der Waals surface area contributed by atoms with Crippen molar-refractivity contribution in [2.75, 3.05) is 6.61 Å². The minimum Gasteiger partial charge on any atom is -0.384 e. The maximum absolute atomic E-state index is 10.7. The molecule has 0 saturated carbocycles. The number of hydrogen-bond donors (Lipinski definition) is 1. The van der Waals surface area contributed by atoms with Gasteiger partial charge in [-0.25, -0.2) is 0 Å². The van der Waals surface area contributed by atoms with Crippen LogP contribution in [0.25, 0.3) is 0 Å². The largest absolute Gasteiger partial charge is 0.384 e. The second-order valence-electron chi connectivity index (χ2n) is 5.79. The fourth-order valence-corrected chi connectivity index (χ4v) is 2.45. The third kappa shape index (κ3) is 3.94. The normalized spacial score (nSPS) is 15.5. The van der Waals surface area contributed by atoms with Crippen molar-refractivity contribution >= 4 is 11.6 Å². The highest BCUT2D eigenvalue weighted by atomic mass is 35.5. The van der Waals surface area contributed by atoms with E-state index >= 15 is 0 Å². The van der Waals surface area contributed by atoms with Gasteiger partial charge >= 0.3 is 0 Å². The van der Waals surface area contributed by atoms with Gasteiger partial charge in [0.15, 0.2) is 0 Å². The first-order valence-corrected chi connectivity index (χ1v) is 7.21. The van der Waals surface area contributed by atoms with E-state index in [0.29, 0.717) is 17.3 Å². The molecule has 1 aromatic heterocycles. The lowest BCUT2D eigenvalue weighted by Gasteiger charge is -2.34. The average Bonchev–Trinajstić information content (AvgIpc) is 2.66. The Morgan fingerprint density at radius 1 is 1.42 bits per heavy atom. The van der Waals surface area contributed by atoms with Crippen molar-refractivity contribution in [3.8, 4) is 0 Å². The molecule has 0 spiro atoms. The lowest BCUT2D eigenvalue weighted by atomic mass is 9.84. The zero-order valence-corrected chi connectivity index (χ0v) is 13.2. The van der Waals surface area contributed by atoms with Crippen molar-refractivity contribution < 1.29 is 9.84 Å². The molecule has 0 aliphatic carbocycles. The van der Waals surface area contributed by atoms with Crippen molar-refractivity contribution in [3.63, 3.8) is 0 Å². The molecule has 2 atom stereocenters. The van der Waals surface area contributed by atoms with Gasteiger partial charge in [0.05, 0.1) is 23.0 Å². The van der Waals surface area contributed by atoms with Crippen LogP contribution in [-0.2, 0) is 11.3 Å². The first-order valence-electron chi connectivity index (χ1n) is 6.83. The van der Waals surface area contributed by atoms with Crippen LogP contribution in [0, 0.1) is 5.41 Å². The molecular weight excluding hydrogens is 264 g/mol. The maximum atomic E-state index is 10.7. The van der Waals surface area contributed by atoms with Crippen LogP contribution < -0.4 is 0 Å². The predicted molar refractivity (Wildman–Crippen MR) is 77.4 cm³/mol. The Kier molecular flexibility index (Phi) is 5.83. The molecule has 4 nitrogen and oxygen atoms in total. The van der Waals surface area contributed by atoms with Gasteiger partial charge in [-0.1, -0.05) is 39.3 Å². The number of aromatic nitrogens is 2. The van der Waals surface area contributed by atoms with E-state index in [-0.39, 0.29) is 11.5 Å². The quantitative estimate of drug-likeness (QED) is 0.872. The Hall–Kier alpha value is -0.580. The summed E-state index contributed by atoms with van der Waals surface area (Å²) >= 11 is 6.17. The van der Waals surface area contributed by atoms with Gasteiger partial charge in [0.1, 0.15) is 6.10 Å². The van der Waals surface area contributed by atoms with Gasteiger partial charge in [-0.3, -0.25) is 4.68 Å². The van der Waals surface area contributed by atoms with Crippen LogP contribution in [0.1, 0.15) is 52.8 Å². The summed E-state index contributed by atoms with van der Waals surface area (Å²) < 4.78 is 7.50. The zero-order chi connectivity index (χ0) is 14.6. The van der Waals surface area contributed by atoms with Gasteiger partial charge in [-0.15, -0.1) is 0 Å². The molecular formula is C14H25ClN2O2. The molecule has 1 rings (SSSR count). The third-order valence-electron chi connectivity index (χ3n) is 3.04. The Bertz CT molecular complexity index is 399. The van der Waals surface area contributed by atoms with Gasteiger partial charge in [0.25, 0.3) is 0 Å². The Labute approximate surface area is 120 Å². The summed E-state index contributed by atoms with van der Waals surface area (Å²) in [5.41, 5.74) is 0.469. The SMILES string of the molecule is CCCn1ncc(Cl)c1C(O)C(OCC)C(C)(C)C. The molecule has 0 aliphatic rings.